The highest BCUT2D eigenvalue weighted by Crippen LogP contribution is 2.06. The van der Waals surface area contributed by atoms with E-state index in [4.69, 9.17) is 0 Å². The molecule has 0 N–H and O–H groups in total. The maximum Gasteiger partial charge on any atom is 0.367 e. The third-order valence-corrected chi connectivity index (χ3v) is 2.17. The van der Waals surface area contributed by atoms with Gasteiger partial charge in [-0.05, 0) is 18.2 Å². The van der Waals surface area contributed by atoms with E-state index >= 15 is 0 Å². The van der Waals surface area contributed by atoms with Gasteiger partial charge in [0.15, 0.2) is 0 Å². The van der Waals surface area contributed by atoms with Crippen molar-refractivity contribution in [2.45, 2.75) is 0 Å². The van der Waals surface area contributed by atoms with Gasteiger partial charge in [0.1, 0.15) is 0 Å². The van der Waals surface area contributed by atoms with Crippen molar-refractivity contribution in [3.63, 3.8) is 0 Å². The van der Waals surface area contributed by atoms with E-state index in [0.717, 1.165) is 16.5 Å². The number of hydrogen-bond donors (Lipinski definition) is 0. The number of amides is 2. The molecule has 0 radical (unpaired) electrons. The van der Waals surface area contributed by atoms with Crippen molar-refractivity contribution in [2.75, 3.05) is 0 Å². The average Bonchev–Trinajstić information content (AvgIpc) is 2.61. The molecule has 2 amide bonds. The van der Waals surface area contributed by atoms with Crippen molar-refractivity contribution in [2.24, 2.45) is 15.0 Å². The highest BCUT2D eigenvalue weighted by atomic mass is 16.2. The summed E-state index contributed by atoms with van der Waals surface area (Å²) in [6, 6.07) is 3.27. The molecule has 3 rings (SSSR count). The zero-order valence-corrected chi connectivity index (χ0v) is 7.14. The summed E-state index contributed by atoms with van der Waals surface area (Å²) < 4.78 is 0. The summed E-state index contributed by atoms with van der Waals surface area (Å²) in [5.74, 6) is 0. The molecule has 0 saturated carbocycles. The number of aliphatic imine (C=N–C) groups is 2. The lowest BCUT2D eigenvalue weighted by Gasteiger charge is -2.00. The zero-order chi connectivity index (χ0) is 9.54. The van der Waals surface area contributed by atoms with Gasteiger partial charge in [-0.15, -0.1) is 0 Å². The van der Waals surface area contributed by atoms with Gasteiger partial charge in [0.05, 0.1) is 11.0 Å². The van der Waals surface area contributed by atoms with Crippen molar-refractivity contribution < 1.29 is 4.79 Å². The molecule has 1 aromatic carbocycles. The second-order valence-electron chi connectivity index (χ2n) is 3.07. The van der Waals surface area contributed by atoms with Gasteiger partial charge in [0.25, 0.3) is 0 Å². The second kappa shape index (κ2) is 2.45. The summed E-state index contributed by atoms with van der Waals surface area (Å²) in [5, 5.41) is 1.69. The summed E-state index contributed by atoms with van der Waals surface area (Å²) in [6.07, 6.45) is 5.19. The van der Waals surface area contributed by atoms with Crippen LogP contribution in [0.5, 0.6) is 0 Å². The molecule has 0 aromatic heterocycles. The minimum Gasteiger partial charge on any atom is -0.256 e. The first-order chi connectivity index (χ1) is 6.83. The number of urea groups is 1. The van der Waals surface area contributed by atoms with Crippen LogP contribution < -0.4 is 10.6 Å². The maximum atomic E-state index is 10.9. The number of nitrogens with zero attached hydrogens (tertiary/aromatic N) is 3. The smallest absolute Gasteiger partial charge is 0.256 e. The molecule has 0 saturated heterocycles. The third-order valence-electron chi connectivity index (χ3n) is 2.17. The van der Waals surface area contributed by atoms with Crippen molar-refractivity contribution in [3.8, 4) is 0 Å². The van der Waals surface area contributed by atoms with Gasteiger partial charge in [0, 0.05) is 23.2 Å². The molecule has 0 fully saturated rings. The van der Waals surface area contributed by atoms with Gasteiger partial charge in [-0.1, -0.05) is 0 Å². The van der Waals surface area contributed by atoms with Crippen LogP contribution >= 0.6 is 0 Å². The van der Waals surface area contributed by atoms with Crippen LogP contribution in [0.15, 0.2) is 27.1 Å². The predicted molar refractivity (Wildman–Crippen MR) is 52.8 cm³/mol. The molecule has 2 heterocycles. The fourth-order valence-electron chi connectivity index (χ4n) is 1.51. The zero-order valence-electron chi connectivity index (χ0n) is 7.14. The van der Waals surface area contributed by atoms with Gasteiger partial charge >= 0.3 is 6.03 Å². The number of fused-ring (bicyclic) bond motifs is 2. The standard InChI is InChI=1S/C10H5N3O/c14-10-12-5-7-3-6-1-2-11-8(6)4-9(7)13-10/h1-5H. The third kappa shape index (κ3) is 0.939. The highest BCUT2D eigenvalue weighted by molar-refractivity contribution is 5.99. The van der Waals surface area contributed by atoms with Crippen molar-refractivity contribution in [1.29, 1.82) is 0 Å². The van der Waals surface area contributed by atoms with E-state index in [2.05, 4.69) is 15.0 Å². The van der Waals surface area contributed by atoms with E-state index in [-0.39, 0.29) is 0 Å². The fraction of sp³-hybridized carbons (Fsp3) is 0. The molecule has 66 valence electrons. The Morgan fingerprint density at radius 3 is 3.00 bits per heavy atom. The van der Waals surface area contributed by atoms with E-state index in [1.165, 1.54) is 6.21 Å². The first-order valence-electron chi connectivity index (χ1n) is 4.18. The van der Waals surface area contributed by atoms with Gasteiger partial charge in [-0.2, -0.15) is 9.98 Å². The van der Waals surface area contributed by atoms with Crippen LogP contribution in [0.3, 0.4) is 0 Å². The first-order valence-corrected chi connectivity index (χ1v) is 4.18. The van der Waals surface area contributed by atoms with Gasteiger partial charge in [-0.3, -0.25) is 4.99 Å². The molecule has 0 aliphatic carbocycles. The Hall–Kier alpha value is -2.10. The van der Waals surface area contributed by atoms with Gasteiger partial charge < -0.3 is 0 Å². The van der Waals surface area contributed by atoms with Crippen LogP contribution in [0.4, 0.5) is 10.5 Å². The maximum absolute atomic E-state index is 10.9. The first kappa shape index (κ1) is 7.32. The number of carbonyl (C=O) groups is 1. The Morgan fingerprint density at radius 1 is 1.14 bits per heavy atom. The summed E-state index contributed by atoms with van der Waals surface area (Å²) in [4.78, 5) is 22.5. The summed E-state index contributed by atoms with van der Waals surface area (Å²) in [7, 11) is 0. The summed E-state index contributed by atoms with van der Waals surface area (Å²) >= 11 is 0. The molecule has 0 bridgehead atoms. The van der Waals surface area contributed by atoms with Crippen LogP contribution in [0.1, 0.15) is 5.56 Å². The fourth-order valence-corrected chi connectivity index (χ4v) is 1.51. The Kier molecular flexibility index (Phi) is 1.28. The molecule has 4 heteroatoms. The molecule has 0 spiro atoms. The van der Waals surface area contributed by atoms with E-state index in [0.29, 0.717) is 5.36 Å². The molecule has 0 unspecified atom stereocenters. The van der Waals surface area contributed by atoms with Crippen molar-refractivity contribution in [3.05, 3.63) is 28.3 Å². The molecule has 4 nitrogen and oxygen atoms in total. The van der Waals surface area contributed by atoms with E-state index in [9.17, 15) is 4.79 Å². The lowest BCUT2D eigenvalue weighted by atomic mass is 10.1. The van der Waals surface area contributed by atoms with Crippen LogP contribution in [0.25, 0.3) is 6.08 Å². The molecular weight excluding hydrogens is 178 g/mol. The lowest BCUT2D eigenvalue weighted by molar-refractivity contribution is 0.256. The van der Waals surface area contributed by atoms with Crippen molar-refractivity contribution >= 4 is 30.2 Å². The Bertz CT molecular complexity index is 611. The SMILES string of the molecule is O=C1N=Cc2cc3c(cc2=N1)N=CC=3. The lowest BCUT2D eigenvalue weighted by Crippen LogP contribution is -2.19. The van der Waals surface area contributed by atoms with Crippen molar-refractivity contribution in [1.82, 2.24) is 0 Å². The Morgan fingerprint density at radius 2 is 2.07 bits per heavy atom. The largest absolute Gasteiger partial charge is 0.367 e. The summed E-state index contributed by atoms with van der Waals surface area (Å²) in [5.41, 5.74) is 1.72. The minimum atomic E-state index is -0.455. The number of benzene rings is 1. The van der Waals surface area contributed by atoms with E-state index in [1.807, 2.05) is 12.1 Å². The van der Waals surface area contributed by atoms with Crippen LogP contribution in [-0.4, -0.2) is 18.5 Å². The number of hydrogen-bond acceptors (Lipinski definition) is 2. The second-order valence-corrected chi connectivity index (χ2v) is 3.07. The number of rotatable bonds is 0. The van der Waals surface area contributed by atoms with Crippen LogP contribution in [-0.2, 0) is 0 Å². The number of carbonyl (C=O) groups excluding carboxylic acids is 1. The highest BCUT2D eigenvalue weighted by Gasteiger charge is 2.07. The normalized spacial score (nSPS) is 15.9. The minimum absolute atomic E-state index is 0.455. The van der Waals surface area contributed by atoms with E-state index in [1.54, 1.807) is 12.3 Å². The molecule has 1 aromatic rings. The topological polar surface area (TPSA) is 54.1 Å². The molecule has 2 aliphatic heterocycles. The average molecular weight is 183 g/mol. The summed E-state index contributed by atoms with van der Waals surface area (Å²) in [6.45, 7) is 0. The van der Waals surface area contributed by atoms with Gasteiger partial charge in [0.2, 0.25) is 0 Å². The molecule has 14 heavy (non-hydrogen) atoms. The molecule has 0 atom stereocenters. The van der Waals surface area contributed by atoms with Gasteiger partial charge in [-0.25, -0.2) is 4.79 Å². The molecule has 2 aliphatic rings. The molecular formula is C10H5N3O. The Labute approximate surface area is 79.0 Å². The predicted octanol–water partition coefficient (Wildman–Crippen LogP) is 0.355. The van der Waals surface area contributed by atoms with E-state index < -0.39 is 6.03 Å². The van der Waals surface area contributed by atoms with Crippen LogP contribution in [0.2, 0.25) is 0 Å². The Balaban J connectivity index is 2.42. The monoisotopic (exact) mass is 183 g/mol. The quantitative estimate of drug-likeness (QED) is 0.572. The van der Waals surface area contributed by atoms with Crippen LogP contribution in [0, 0.1) is 0 Å².